The van der Waals surface area contributed by atoms with Gasteiger partial charge in [-0.05, 0) is 67.4 Å². The van der Waals surface area contributed by atoms with Crippen molar-refractivity contribution >= 4 is 38.6 Å². The predicted octanol–water partition coefficient (Wildman–Crippen LogP) is 5.11. The number of phenols is 1. The van der Waals surface area contributed by atoms with E-state index in [1.54, 1.807) is 42.6 Å². The highest BCUT2D eigenvalue weighted by molar-refractivity contribution is 9.10. The zero-order chi connectivity index (χ0) is 23.3. The third kappa shape index (κ3) is 3.47. The van der Waals surface area contributed by atoms with Gasteiger partial charge in [-0.25, -0.2) is 4.98 Å². The minimum absolute atomic E-state index is 0.0193. The van der Waals surface area contributed by atoms with Gasteiger partial charge in [-0.2, -0.15) is 0 Å². The van der Waals surface area contributed by atoms with Crippen LogP contribution in [0.1, 0.15) is 40.2 Å². The Balaban J connectivity index is 1.81. The van der Waals surface area contributed by atoms with Crippen molar-refractivity contribution in [3.63, 3.8) is 0 Å². The summed E-state index contributed by atoms with van der Waals surface area (Å²) in [5.74, 6) is 0.156. The summed E-state index contributed by atoms with van der Waals surface area (Å²) >= 11 is 3.40. The predicted molar refractivity (Wildman–Crippen MR) is 127 cm³/mol. The summed E-state index contributed by atoms with van der Waals surface area (Å²) in [4.78, 5) is 33.1. The first kappa shape index (κ1) is 21.2. The van der Waals surface area contributed by atoms with Crippen LogP contribution < -0.4 is 15.1 Å². The van der Waals surface area contributed by atoms with Crippen LogP contribution in [0.4, 0.5) is 5.82 Å². The van der Waals surface area contributed by atoms with Crippen LogP contribution in [0.15, 0.2) is 68.4 Å². The van der Waals surface area contributed by atoms with Crippen molar-refractivity contribution in [1.82, 2.24) is 4.98 Å². The van der Waals surface area contributed by atoms with Gasteiger partial charge in [0.15, 0.2) is 16.9 Å². The minimum atomic E-state index is -0.804. The van der Waals surface area contributed by atoms with Crippen molar-refractivity contribution in [2.75, 3.05) is 11.5 Å². The molecule has 0 fully saturated rings. The highest BCUT2D eigenvalue weighted by Gasteiger charge is 2.44. The number of amides is 1. The van der Waals surface area contributed by atoms with Crippen molar-refractivity contribution < 1.29 is 19.1 Å². The number of nitrogens with zero attached hydrogens (tertiary/aromatic N) is 2. The summed E-state index contributed by atoms with van der Waals surface area (Å²) in [6.07, 6.45) is 1.61. The topological polar surface area (TPSA) is 92.9 Å². The van der Waals surface area contributed by atoms with Crippen LogP contribution >= 0.6 is 15.9 Å². The van der Waals surface area contributed by atoms with Gasteiger partial charge in [-0.3, -0.25) is 14.5 Å². The molecule has 166 valence electrons. The van der Waals surface area contributed by atoms with E-state index in [2.05, 4.69) is 20.9 Å². The third-order valence-electron chi connectivity index (χ3n) is 5.58. The van der Waals surface area contributed by atoms with Crippen molar-refractivity contribution in [3.8, 4) is 11.5 Å². The fraction of sp³-hybridized carbons (Fsp3) is 0.160. The van der Waals surface area contributed by atoms with E-state index in [0.29, 0.717) is 29.0 Å². The molecule has 0 saturated carbocycles. The van der Waals surface area contributed by atoms with Crippen LogP contribution in [0.3, 0.4) is 0 Å². The fourth-order valence-electron chi connectivity index (χ4n) is 4.12. The van der Waals surface area contributed by atoms with Gasteiger partial charge in [0.05, 0.1) is 23.6 Å². The second-order valence-corrected chi connectivity index (χ2v) is 8.66. The molecule has 7 nitrogen and oxygen atoms in total. The van der Waals surface area contributed by atoms with Crippen LogP contribution in [-0.4, -0.2) is 22.6 Å². The highest BCUT2D eigenvalue weighted by Crippen LogP contribution is 2.42. The largest absolute Gasteiger partial charge is 0.504 e. The number of pyridine rings is 1. The number of rotatable bonds is 4. The molecule has 5 rings (SSSR count). The zero-order valence-electron chi connectivity index (χ0n) is 17.8. The number of carbonyl (C=O) groups excluding carboxylic acids is 1. The van der Waals surface area contributed by atoms with Crippen LogP contribution in [0.2, 0.25) is 0 Å². The first-order valence-electron chi connectivity index (χ1n) is 10.4. The van der Waals surface area contributed by atoms with E-state index in [4.69, 9.17) is 9.15 Å². The van der Waals surface area contributed by atoms with Gasteiger partial charge in [-0.15, -0.1) is 0 Å². The molecule has 0 aliphatic carbocycles. The normalized spacial score (nSPS) is 15.2. The lowest BCUT2D eigenvalue weighted by molar-refractivity contribution is 0.0970. The molecule has 4 aromatic rings. The lowest BCUT2D eigenvalue weighted by Crippen LogP contribution is -2.30. The number of anilines is 1. The Bertz CT molecular complexity index is 1480. The first-order valence-corrected chi connectivity index (χ1v) is 11.2. The lowest BCUT2D eigenvalue weighted by Gasteiger charge is -2.25. The first-order chi connectivity index (χ1) is 15.9. The highest BCUT2D eigenvalue weighted by atomic mass is 79.9. The summed E-state index contributed by atoms with van der Waals surface area (Å²) in [6.45, 7) is 4.06. The number of carbonyl (C=O) groups is 1. The van der Waals surface area contributed by atoms with E-state index in [9.17, 15) is 14.7 Å². The summed E-state index contributed by atoms with van der Waals surface area (Å²) < 4.78 is 12.2. The number of aryl methyl sites for hydroxylation is 1. The minimum Gasteiger partial charge on any atom is -0.504 e. The van der Waals surface area contributed by atoms with Gasteiger partial charge in [0.25, 0.3) is 5.91 Å². The monoisotopic (exact) mass is 506 g/mol. The van der Waals surface area contributed by atoms with Crippen LogP contribution in [0, 0.1) is 6.92 Å². The standard InChI is InChI=1S/C25H19BrN2O5/c1-3-32-19-11-14(4-6-17(19)29)22-21-23(30)16-12-15(26)5-7-18(16)33-24(21)25(31)28(22)20-10-13(2)8-9-27-20/h4-12,22,29H,3H2,1-2H3. The van der Waals surface area contributed by atoms with E-state index in [0.717, 1.165) is 10.0 Å². The molecular formula is C25H19BrN2O5. The summed E-state index contributed by atoms with van der Waals surface area (Å²) in [5.41, 5.74) is 1.76. The van der Waals surface area contributed by atoms with Crippen molar-refractivity contribution in [2.24, 2.45) is 0 Å². The molecular weight excluding hydrogens is 488 g/mol. The van der Waals surface area contributed by atoms with E-state index in [1.165, 1.54) is 11.0 Å². The van der Waals surface area contributed by atoms with Crippen LogP contribution in [-0.2, 0) is 0 Å². The van der Waals surface area contributed by atoms with E-state index in [-0.39, 0.29) is 28.3 Å². The average molecular weight is 507 g/mol. The SMILES string of the molecule is CCOc1cc(C2c3c(oc4ccc(Br)cc4c3=O)C(=O)N2c2cc(C)ccn2)ccc1O. The van der Waals surface area contributed by atoms with Crippen molar-refractivity contribution in [2.45, 2.75) is 19.9 Å². The Labute approximate surface area is 197 Å². The number of aromatic nitrogens is 1. The molecule has 1 N–H and O–H groups in total. The Morgan fingerprint density at radius 2 is 1.97 bits per heavy atom. The molecule has 1 aliphatic heterocycles. The van der Waals surface area contributed by atoms with E-state index < -0.39 is 11.9 Å². The van der Waals surface area contributed by atoms with Crippen molar-refractivity contribution in [3.05, 3.63) is 91.9 Å². The molecule has 0 saturated heterocycles. The second-order valence-electron chi connectivity index (χ2n) is 7.74. The van der Waals surface area contributed by atoms with Gasteiger partial charge < -0.3 is 14.3 Å². The molecule has 0 spiro atoms. The molecule has 1 unspecified atom stereocenters. The quantitative estimate of drug-likeness (QED) is 0.413. The average Bonchev–Trinajstić information content (AvgIpc) is 3.08. The van der Waals surface area contributed by atoms with E-state index >= 15 is 0 Å². The Morgan fingerprint density at radius 3 is 2.73 bits per heavy atom. The number of benzene rings is 2. The van der Waals surface area contributed by atoms with Crippen LogP contribution in [0.5, 0.6) is 11.5 Å². The molecule has 33 heavy (non-hydrogen) atoms. The number of ether oxygens (including phenoxy) is 1. The number of hydrogen-bond donors (Lipinski definition) is 1. The maximum absolute atomic E-state index is 13.7. The molecule has 1 aliphatic rings. The smallest absolute Gasteiger partial charge is 0.296 e. The Hall–Kier alpha value is -3.65. The van der Waals surface area contributed by atoms with Gasteiger partial charge in [0.2, 0.25) is 5.76 Å². The zero-order valence-corrected chi connectivity index (χ0v) is 19.4. The molecule has 3 heterocycles. The number of fused-ring (bicyclic) bond motifs is 2. The maximum Gasteiger partial charge on any atom is 0.296 e. The summed E-state index contributed by atoms with van der Waals surface area (Å²) in [7, 11) is 0. The molecule has 8 heteroatoms. The van der Waals surface area contributed by atoms with Crippen LogP contribution in [0.25, 0.3) is 11.0 Å². The number of aromatic hydroxyl groups is 1. The summed E-state index contributed by atoms with van der Waals surface area (Å²) in [6, 6.07) is 12.7. The van der Waals surface area contributed by atoms with Gasteiger partial charge in [0.1, 0.15) is 11.4 Å². The Kier molecular flexibility index (Phi) is 5.17. The molecule has 0 radical (unpaired) electrons. The van der Waals surface area contributed by atoms with Gasteiger partial charge >= 0.3 is 0 Å². The molecule has 1 atom stereocenters. The summed E-state index contributed by atoms with van der Waals surface area (Å²) in [5, 5.41) is 10.6. The lowest BCUT2D eigenvalue weighted by atomic mass is 9.98. The fourth-order valence-corrected chi connectivity index (χ4v) is 4.48. The molecule has 1 amide bonds. The maximum atomic E-state index is 13.7. The van der Waals surface area contributed by atoms with Crippen molar-refractivity contribution in [1.29, 1.82) is 0 Å². The number of phenolic OH excluding ortho intramolecular Hbond substituents is 1. The van der Waals surface area contributed by atoms with Gasteiger partial charge in [0, 0.05) is 10.7 Å². The number of hydrogen-bond acceptors (Lipinski definition) is 6. The van der Waals surface area contributed by atoms with Gasteiger partial charge in [-0.1, -0.05) is 22.0 Å². The molecule has 2 aromatic carbocycles. The molecule has 2 aromatic heterocycles. The number of halogens is 1. The molecule has 0 bridgehead atoms. The van der Waals surface area contributed by atoms with E-state index in [1.807, 2.05) is 19.9 Å². The second kappa shape index (κ2) is 8.04. The Morgan fingerprint density at radius 1 is 1.15 bits per heavy atom. The third-order valence-corrected chi connectivity index (χ3v) is 6.07.